The minimum absolute atomic E-state index is 0.0327. The fraction of sp³-hybridized carbons (Fsp3) is 0.444. The minimum atomic E-state index is -1.72. The molecule has 0 aliphatic carbocycles. The van der Waals surface area contributed by atoms with Crippen molar-refractivity contribution in [3.05, 3.63) is 55.6 Å². The number of ether oxygens (including phenoxy) is 11. The predicted octanol–water partition coefficient (Wildman–Crippen LogP) is 4.43. The summed E-state index contributed by atoms with van der Waals surface area (Å²) in [5, 5.41) is 11.0. The van der Waals surface area contributed by atoms with E-state index in [1.54, 1.807) is 6.07 Å². The number of carbonyl (C=O) groups excluding carboxylic acids is 6. The Morgan fingerprint density at radius 3 is 1.97 bits per heavy atom. The quantitative estimate of drug-likeness (QED) is 0.0427. The number of hydrogen-bond acceptors (Lipinski definition) is 19. The highest BCUT2D eigenvalue weighted by Gasteiger charge is 2.56. The second-order valence-corrected chi connectivity index (χ2v) is 13.7. The maximum absolute atomic E-state index is 12.9. The highest BCUT2D eigenvalue weighted by Crippen LogP contribution is 2.45. The second kappa shape index (κ2) is 21.6. The van der Waals surface area contributed by atoms with Crippen LogP contribution in [0.4, 0.5) is 10.5 Å². The van der Waals surface area contributed by atoms with E-state index >= 15 is 0 Å². The highest BCUT2D eigenvalue weighted by atomic mass is 79.9. The molecule has 1 aromatic heterocycles. The topological polar surface area (TPSA) is 252 Å². The van der Waals surface area contributed by atoms with Gasteiger partial charge in [0.15, 0.2) is 18.3 Å². The molecule has 0 bridgehead atoms. The maximum atomic E-state index is 12.9. The van der Waals surface area contributed by atoms with E-state index < -0.39 is 71.6 Å². The van der Waals surface area contributed by atoms with Gasteiger partial charge >= 0.3 is 30.0 Å². The number of rotatable bonds is 18. The number of methoxy groups -OCH3 is 1. The summed E-state index contributed by atoms with van der Waals surface area (Å²) >= 11 is 7.00. The average Bonchev–Trinajstić information content (AvgIpc) is 3.53. The van der Waals surface area contributed by atoms with E-state index in [0.717, 1.165) is 27.9 Å². The zero-order valence-corrected chi connectivity index (χ0v) is 35.2. The van der Waals surface area contributed by atoms with Crippen molar-refractivity contribution in [2.75, 3.05) is 46.8 Å². The number of fused-ring (bicyclic) bond motifs is 1. The van der Waals surface area contributed by atoms with Crippen LogP contribution in [0.5, 0.6) is 17.2 Å². The Kier molecular flexibility index (Phi) is 17.0. The van der Waals surface area contributed by atoms with Gasteiger partial charge in [0.05, 0.1) is 64.5 Å². The Balaban J connectivity index is 1.41. The van der Waals surface area contributed by atoms with Gasteiger partial charge in [0.1, 0.15) is 30.5 Å². The Bertz CT molecular complexity index is 2040. The van der Waals surface area contributed by atoms with Crippen LogP contribution in [-0.2, 0) is 57.1 Å². The maximum Gasteiger partial charge on any atom is 0.513 e. The molecule has 0 radical (unpaired) electrons. The number of esters is 4. The van der Waals surface area contributed by atoms with Gasteiger partial charge in [-0.1, -0.05) is 0 Å². The molecule has 0 amide bonds. The largest absolute Gasteiger partial charge is 0.513 e. The lowest BCUT2D eigenvalue weighted by atomic mass is 9.97. The fourth-order valence-electron chi connectivity index (χ4n) is 5.52. The van der Waals surface area contributed by atoms with E-state index in [4.69, 9.17) is 52.1 Å². The molecular formula is C36H38Br2N2O19. The molecule has 4 rings (SSSR count). The van der Waals surface area contributed by atoms with Gasteiger partial charge in [-0.05, 0) is 50.1 Å². The number of nitro benzene ring substituents is 1. The molecule has 21 nitrogen and oxygen atoms in total. The Morgan fingerprint density at radius 2 is 1.39 bits per heavy atom. The third-order valence-corrected chi connectivity index (χ3v) is 9.21. The first-order valence-electron chi connectivity index (χ1n) is 17.3. The number of hydrogen-bond donors (Lipinski definition) is 0. The first-order valence-corrected chi connectivity index (χ1v) is 18.9. The van der Waals surface area contributed by atoms with Gasteiger partial charge in [0, 0.05) is 39.8 Å². The number of non-ortho nitro benzene ring substituents is 1. The summed E-state index contributed by atoms with van der Waals surface area (Å²) in [5.41, 5.74) is 0.171. The van der Waals surface area contributed by atoms with Crippen LogP contribution in [0.1, 0.15) is 32.5 Å². The van der Waals surface area contributed by atoms with Crippen molar-refractivity contribution < 1.29 is 85.8 Å². The van der Waals surface area contributed by atoms with Gasteiger partial charge in [-0.2, -0.15) is 0 Å². The molecule has 23 heteroatoms. The van der Waals surface area contributed by atoms with Gasteiger partial charge in [-0.25, -0.2) is 9.59 Å². The van der Waals surface area contributed by atoms with Crippen molar-refractivity contribution in [1.29, 1.82) is 0 Å². The van der Waals surface area contributed by atoms with Gasteiger partial charge in [0.2, 0.25) is 18.3 Å². The molecule has 0 spiro atoms. The van der Waals surface area contributed by atoms with Crippen molar-refractivity contribution in [3.63, 3.8) is 0 Å². The zero-order valence-electron chi connectivity index (χ0n) is 32.0. The first-order chi connectivity index (χ1) is 28.0. The molecule has 0 saturated carbocycles. The first kappa shape index (κ1) is 46.3. The molecule has 1 fully saturated rings. The van der Waals surface area contributed by atoms with Gasteiger partial charge < -0.3 is 52.1 Å². The van der Waals surface area contributed by atoms with E-state index in [-0.39, 0.29) is 68.0 Å². The normalized spacial score (nSPS) is 18.6. The highest BCUT2D eigenvalue weighted by molar-refractivity contribution is 9.11. The number of nitro groups is 1. The molecule has 0 N–H and O–H groups in total. The third-order valence-electron chi connectivity index (χ3n) is 7.87. The van der Waals surface area contributed by atoms with E-state index in [0.29, 0.717) is 14.5 Å². The summed E-state index contributed by atoms with van der Waals surface area (Å²) in [7, 11) is 1.05. The van der Waals surface area contributed by atoms with Crippen LogP contribution >= 0.6 is 31.9 Å². The molecule has 59 heavy (non-hydrogen) atoms. The van der Waals surface area contributed by atoms with Gasteiger partial charge in [-0.15, -0.1) is 0 Å². The van der Waals surface area contributed by atoms with Crippen LogP contribution < -0.4 is 14.2 Å². The van der Waals surface area contributed by atoms with Crippen molar-refractivity contribution in [3.8, 4) is 17.2 Å². The van der Waals surface area contributed by atoms with Crippen LogP contribution in [0.2, 0.25) is 0 Å². The number of carbonyl (C=O) groups is 6. The molecule has 3 aromatic rings. The van der Waals surface area contributed by atoms with Crippen LogP contribution in [0.25, 0.3) is 10.9 Å². The third kappa shape index (κ3) is 12.6. The van der Waals surface area contributed by atoms with Crippen molar-refractivity contribution in [1.82, 2.24) is 4.57 Å². The van der Waals surface area contributed by atoms with E-state index in [9.17, 15) is 38.9 Å². The van der Waals surface area contributed by atoms with Crippen LogP contribution in [0.15, 0.2) is 45.5 Å². The van der Waals surface area contributed by atoms with Crippen LogP contribution in [0, 0.1) is 10.1 Å². The van der Waals surface area contributed by atoms with Crippen LogP contribution in [-0.4, -0.2) is 123 Å². The molecular weight excluding hydrogens is 924 g/mol. The van der Waals surface area contributed by atoms with Gasteiger partial charge in [-0.3, -0.25) is 33.9 Å². The Hall–Kier alpha value is -5.36. The fourth-order valence-corrected chi connectivity index (χ4v) is 7.04. The van der Waals surface area contributed by atoms with Crippen molar-refractivity contribution >= 4 is 84.4 Å². The summed E-state index contributed by atoms with van der Waals surface area (Å²) < 4.78 is 61.9. The molecule has 5 atom stereocenters. The van der Waals surface area contributed by atoms with E-state index in [1.807, 2.05) is 0 Å². The number of aromatic nitrogens is 1. The Morgan fingerprint density at radius 1 is 0.814 bits per heavy atom. The molecule has 0 unspecified atom stereocenters. The molecule has 1 aliphatic rings. The molecule has 1 aliphatic heterocycles. The number of nitrogens with zero attached hydrogens (tertiary/aromatic N) is 2. The lowest BCUT2D eigenvalue weighted by molar-refractivity contribution is -0.384. The molecule has 2 heterocycles. The molecule has 1 saturated heterocycles. The zero-order chi connectivity index (χ0) is 43.4. The summed E-state index contributed by atoms with van der Waals surface area (Å²) in [4.78, 5) is 84.2. The predicted molar refractivity (Wildman–Crippen MR) is 204 cm³/mol. The summed E-state index contributed by atoms with van der Waals surface area (Å²) in [6.45, 7) is 4.82. The average molecular weight is 963 g/mol. The summed E-state index contributed by atoms with van der Waals surface area (Å²) in [6, 6.07) is 6.48. The summed E-state index contributed by atoms with van der Waals surface area (Å²) in [5.74, 6) is -3.76. The van der Waals surface area contributed by atoms with E-state index in [2.05, 4.69) is 31.9 Å². The summed E-state index contributed by atoms with van der Waals surface area (Å²) in [6.07, 6.45) is -7.95. The van der Waals surface area contributed by atoms with Crippen molar-refractivity contribution in [2.24, 2.45) is 0 Å². The van der Waals surface area contributed by atoms with Crippen LogP contribution in [0.3, 0.4) is 0 Å². The smallest absolute Gasteiger partial charge is 0.489 e. The molecule has 2 aromatic carbocycles. The lowest BCUT2D eigenvalue weighted by Gasteiger charge is -2.43. The van der Waals surface area contributed by atoms with Gasteiger partial charge in [0.25, 0.3) is 5.69 Å². The second-order valence-electron chi connectivity index (χ2n) is 12.1. The standard InChI is InChI=1S/C36H38Br2N2O19/c1-18(41)39-17-26(58-35-33(56-21(4)44)31(55-20(3)43)30(54-19(2)42)32(59-35)34(45)49-5)27-25(39)16-24(37)29(28(27)38)52-14-12-50-10-11-51-13-15-53-36(46)57-23-8-6-22(7-9-23)40(47)48/h6-9,16-17,30-33,35H,10-15H2,1-5H3/t30-,31-,32-,33+,35+/m0/s1. The molecule has 320 valence electrons. The number of benzene rings is 2. The SMILES string of the molecule is COC(=O)[C@H]1O[C@@H](Oc2cn(C(C)=O)c3cc(Br)c(OCCOCCOCCOC(=O)Oc4ccc([N+](=O)[O-])cc4)c(Br)c23)[C@H](OC(C)=O)[C@@H](OC(C)=O)[C@@H]1OC(C)=O. The minimum Gasteiger partial charge on any atom is -0.489 e. The monoisotopic (exact) mass is 960 g/mol. The Labute approximate surface area is 351 Å². The lowest BCUT2D eigenvalue weighted by Crippen LogP contribution is -2.64. The van der Waals surface area contributed by atoms with Crippen molar-refractivity contribution in [2.45, 2.75) is 58.4 Å². The number of halogens is 2. The van der Waals surface area contributed by atoms with E-state index in [1.165, 1.54) is 42.0 Å².